The molecule has 1 fully saturated rings. The van der Waals surface area contributed by atoms with Crippen LogP contribution in [0.25, 0.3) is 0 Å². The number of piperazine rings is 1. The van der Waals surface area contributed by atoms with Gasteiger partial charge < -0.3 is 15.1 Å². The summed E-state index contributed by atoms with van der Waals surface area (Å²) in [7, 11) is 0. The molecule has 0 saturated carbocycles. The van der Waals surface area contributed by atoms with Gasteiger partial charge >= 0.3 is 0 Å². The van der Waals surface area contributed by atoms with Gasteiger partial charge in [-0.05, 0) is 19.1 Å². The summed E-state index contributed by atoms with van der Waals surface area (Å²) in [6, 6.07) is 9.64. The first-order valence-corrected chi connectivity index (χ1v) is 6.66. The van der Waals surface area contributed by atoms with E-state index >= 15 is 0 Å². The van der Waals surface area contributed by atoms with Crippen LogP contribution in [0.5, 0.6) is 0 Å². The normalized spacial score (nSPS) is 18.8. The third-order valence-electron chi connectivity index (χ3n) is 3.30. The summed E-state index contributed by atoms with van der Waals surface area (Å²) in [5, 5.41) is 2.78. The Bertz CT molecular complexity index is 447. The van der Waals surface area contributed by atoms with Gasteiger partial charge in [-0.3, -0.25) is 9.59 Å². The zero-order valence-electron chi connectivity index (χ0n) is 11.2. The zero-order valence-corrected chi connectivity index (χ0v) is 11.2. The van der Waals surface area contributed by atoms with Crippen LogP contribution in [-0.2, 0) is 9.59 Å². The van der Waals surface area contributed by atoms with Crippen LogP contribution in [0.4, 0.5) is 5.69 Å². The van der Waals surface area contributed by atoms with Crippen molar-refractivity contribution < 1.29 is 14.5 Å². The van der Waals surface area contributed by atoms with Crippen LogP contribution in [-0.4, -0.2) is 44.5 Å². The zero-order chi connectivity index (χ0) is 13.7. The second-order valence-electron chi connectivity index (χ2n) is 4.68. The van der Waals surface area contributed by atoms with Gasteiger partial charge in [0.2, 0.25) is 0 Å². The first-order valence-electron chi connectivity index (χ1n) is 6.66. The Hall–Kier alpha value is -1.88. The summed E-state index contributed by atoms with van der Waals surface area (Å²) in [6.07, 6.45) is 0. The Kier molecular flexibility index (Phi) is 4.52. The van der Waals surface area contributed by atoms with Crippen LogP contribution in [0.3, 0.4) is 0 Å². The van der Waals surface area contributed by atoms with Crippen molar-refractivity contribution in [3.63, 3.8) is 0 Å². The van der Waals surface area contributed by atoms with Gasteiger partial charge in [-0.25, -0.2) is 0 Å². The number of anilines is 1. The van der Waals surface area contributed by atoms with Gasteiger partial charge in [-0.2, -0.15) is 0 Å². The fourth-order valence-corrected chi connectivity index (χ4v) is 2.33. The van der Waals surface area contributed by atoms with Crippen molar-refractivity contribution in [3.05, 3.63) is 30.3 Å². The first kappa shape index (κ1) is 13.5. The number of rotatable bonds is 4. The number of nitrogens with one attached hydrogen (secondary N) is 2. The quantitative estimate of drug-likeness (QED) is 0.735. The van der Waals surface area contributed by atoms with Crippen LogP contribution in [0.15, 0.2) is 30.3 Å². The molecule has 1 aliphatic rings. The third-order valence-corrected chi connectivity index (χ3v) is 3.30. The standard InChI is InChI=1S/C14H19N3O2/c1-2-17(12-6-4-3-5-7-12)14(19)11-16-9-8-15-13(18)10-16/h3-7H,2,8-11H2,1H3,(H,15,18)/p+1. The molecule has 0 radical (unpaired) electrons. The average Bonchev–Trinajstić information content (AvgIpc) is 2.41. The molecule has 2 amide bonds. The van der Waals surface area contributed by atoms with Gasteiger partial charge in [0.15, 0.2) is 13.1 Å². The average molecular weight is 262 g/mol. The largest absolute Gasteiger partial charge is 0.346 e. The fourth-order valence-electron chi connectivity index (χ4n) is 2.33. The lowest BCUT2D eigenvalue weighted by Crippen LogP contribution is -3.16. The summed E-state index contributed by atoms with van der Waals surface area (Å²) in [5.41, 5.74) is 0.913. The summed E-state index contributed by atoms with van der Waals surface area (Å²) >= 11 is 0. The first-order chi connectivity index (χ1) is 9.20. The van der Waals surface area contributed by atoms with Crippen LogP contribution in [0.1, 0.15) is 6.92 Å². The molecular weight excluding hydrogens is 242 g/mol. The molecule has 0 aromatic heterocycles. The van der Waals surface area contributed by atoms with E-state index in [0.717, 1.165) is 17.1 Å². The summed E-state index contributed by atoms with van der Waals surface area (Å²) in [6.45, 7) is 4.82. The molecule has 0 bridgehead atoms. The molecule has 5 nitrogen and oxygen atoms in total. The second kappa shape index (κ2) is 6.33. The second-order valence-corrected chi connectivity index (χ2v) is 4.68. The smallest absolute Gasteiger partial charge is 0.282 e. The predicted molar refractivity (Wildman–Crippen MR) is 73.0 cm³/mol. The Morgan fingerprint density at radius 3 is 2.74 bits per heavy atom. The van der Waals surface area contributed by atoms with E-state index in [0.29, 0.717) is 26.2 Å². The highest BCUT2D eigenvalue weighted by Gasteiger charge is 2.24. The van der Waals surface area contributed by atoms with Crippen LogP contribution in [0, 0.1) is 0 Å². The minimum absolute atomic E-state index is 0.0248. The molecule has 1 aliphatic heterocycles. The van der Waals surface area contributed by atoms with E-state index in [4.69, 9.17) is 0 Å². The lowest BCUT2D eigenvalue weighted by atomic mass is 10.2. The highest BCUT2D eigenvalue weighted by atomic mass is 16.2. The summed E-state index contributed by atoms with van der Waals surface area (Å²) in [5.74, 6) is 0.0928. The molecule has 1 heterocycles. The number of quaternary nitrogens is 1. The summed E-state index contributed by atoms with van der Waals surface area (Å²) in [4.78, 5) is 26.4. The molecule has 2 N–H and O–H groups in total. The van der Waals surface area contributed by atoms with Gasteiger partial charge in [-0.1, -0.05) is 18.2 Å². The highest BCUT2D eigenvalue weighted by Crippen LogP contribution is 2.12. The minimum Gasteiger partial charge on any atom is -0.346 e. The van der Waals surface area contributed by atoms with Gasteiger partial charge in [0, 0.05) is 12.2 Å². The van der Waals surface area contributed by atoms with E-state index in [-0.39, 0.29) is 11.8 Å². The third kappa shape index (κ3) is 3.54. The highest BCUT2D eigenvalue weighted by molar-refractivity contribution is 5.94. The van der Waals surface area contributed by atoms with Gasteiger partial charge in [-0.15, -0.1) is 0 Å². The predicted octanol–water partition coefficient (Wildman–Crippen LogP) is -0.946. The van der Waals surface area contributed by atoms with Crippen LogP contribution < -0.4 is 15.1 Å². The molecule has 2 rings (SSSR count). The van der Waals surface area contributed by atoms with Crippen LogP contribution >= 0.6 is 0 Å². The van der Waals surface area contributed by atoms with Crippen molar-refractivity contribution in [2.45, 2.75) is 6.92 Å². The molecule has 1 atom stereocenters. The Labute approximate surface area is 113 Å². The molecule has 102 valence electrons. The van der Waals surface area contributed by atoms with Gasteiger partial charge in [0.05, 0.1) is 13.1 Å². The Morgan fingerprint density at radius 1 is 1.37 bits per heavy atom. The molecule has 19 heavy (non-hydrogen) atoms. The minimum atomic E-state index is 0.0248. The maximum Gasteiger partial charge on any atom is 0.282 e. The lowest BCUT2D eigenvalue weighted by Gasteiger charge is -2.26. The van der Waals surface area contributed by atoms with Crippen molar-refractivity contribution in [3.8, 4) is 0 Å². The SMILES string of the molecule is CCN(C(=O)C[NH+]1CCNC(=O)C1)c1ccccc1. The maximum absolute atomic E-state index is 12.3. The molecule has 1 aromatic carbocycles. The molecule has 1 unspecified atom stereocenters. The number of carbonyl (C=O) groups is 2. The van der Waals surface area contributed by atoms with Crippen molar-refractivity contribution in [2.24, 2.45) is 0 Å². The van der Waals surface area contributed by atoms with E-state index in [1.165, 1.54) is 0 Å². The number of carbonyl (C=O) groups excluding carboxylic acids is 2. The van der Waals surface area contributed by atoms with Crippen LogP contribution in [0.2, 0.25) is 0 Å². The number of hydrogen-bond acceptors (Lipinski definition) is 2. The van der Waals surface area contributed by atoms with E-state index in [1.807, 2.05) is 37.3 Å². The number of para-hydroxylation sites is 1. The van der Waals surface area contributed by atoms with E-state index in [2.05, 4.69) is 5.32 Å². The monoisotopic (exact) mass is 262 g/mol. The molecule has 1 saturated heterocycles. The van der Waals surface area contributed by atoms with Crippen molar-refractivity contribution in [2.75, 3.05) is 37.6 Å². The number of likely N-dealkylation sites (N-methyl/N-ethyl adjacent to an activating group) is 1. The molecule has 5 heteroatoms. The molecular formula is C14H20N3O2+. The van der Waals surface area contributed by atoms with E-state index in [9.17, 15) is 9.59 Å². The number of nitrogens with zero attached hydrogens (tertiary/aromatic N) is 1. The fraction of sp³-hybridized carbons (Fsp3) is 0.429. The number of benzene rings is 1. The van der Waals surface area contributed by atoms with E-state index in [1.54, 1.807) is 4.90 Å². The Morgan fingerprint density at radius 2 is 2.11 bits per heavy atom. The summed E-state index contributed by atoms with van der Waals surface area (Å²) < 4.78 is 0. The Balaban J connectivity index is 1.99. The van der Waals surface area contributed by atoms with Gasteiger partial charge in [0.25, 0.3) is 11.8 Å². The lowest BCUT2D eigenvalue weighted by molar-refractivity contribution is -0.885. The van der Waals surface area contributed by atoms with Crippen molar-refractivity contribution in [1.29, 1.82) is 0 Å². The maximum atomic E-state index is 12.3. The topological polar surface area (TPSA) is 53.9 Å². The molecule has 0 aliphatic carbocycles. The molecule has 0 spiro atoms. The number of amides is 2. The van der Waals surface area contributed by atoms with Crippen molar-refractivity contribution in [1.82, 2.24) is 5.32 Å². The molecule has 1 aromatic rings. The van der Waals surface area contributed by atoms with Gasteiger partial charge in [0.1, 0.15) is 0 Å². The van der Waals surface area contributed by atoms with E-state index < -0.39 is 0 Å². The van der Waals surface area contributed by atoms with Crippen molar-refractivity contribution >= 4 is 17.5 Å². The number of hydrogen-bond donors (Lipinski definition) is 2.